The van der Waals surface area contributed by atoms with E-state index in [1.54, 1.807) is 0 Å². The van der Waals surface area contributed by atoms with Gasteiger partial charge in [-0.1, -0.05) is 312 Å². The van der Waals surface area contributed by atoms with Crippen molar-refractivity contribution in [3.05, 3.63) is 72.9 Å². The Labute approximate surface area is 484 Å². The van der Waals surface area contributed by atoms with Crippen LogP contribution in [0.25, 0.3) is 0 Å². The number of allylic oxidation sites excluding steroid dienone is 12. The fourth-order valence-electron chi connectivity index (χ4n) is 9.88. The first-order chi connectivity index (χ1) is 38.5. The second-order valence-corrected chi connectivity index (χ2v) is 22.7. The molecule has 0 N–H and O–H groups in total. The summed E-state index contributed by atoms with van der Waals surface area (Å²) < 4.78 is 17.0. The van der Waals surface area contributed by atoms with Crippen molar-refractivity contribution in [3.63, 3.8) is 0 Å². The molecule has 6 heteroatoms. The summed E-state index contributed by atoms with van der Waals surface area (Å²) in [4.78, 5) is 38.4. The number of ether oxygens (including phenoxy) is 3. The van der Waals surface area contributed by atoms with Gasteiger partial charge in [0.1, 0.15) is 13.2 Å². The molecule has 0 saturated carbocycles. The lowest BCUT2D eigenvalue weighted by molar-refractivity contribution is -0.167. The predicted octanol–water partition coefficient (Wildman–Crippen LogP) is 23.3. The van der Waals surface area contributed by atoms with Gasteiger partial charge in [0.2, 0.25) is 0 Å². The van der Waals surface area contributed by atoms with E-state index in [1.165, 1.54) is 218 Å². The van der Waals surface area contributed by atoms with E-state index < -0.39 is 6.10 Å². The Morgan fingerprint density at radius 2 is 0.500 bits per heavy atom. The normalized spacial score (nSPS) is 12.5. The monoisotopic (exact) mass is 1090 g/mol. The van der Waals surface area contributed by atoms with Crippen molar-refractivity contribution in [3.8, 4) is 0 Å². The van der Waals surface area contributed by atoms with Gasteiger partial charge in [-0.2, -0.15) is 0 Å². The molecule has 0 aromatic carbocycles. The summed E-state index contributed by atoms with van der Waals surface area (Å²) in [6, 6.07) is 0. The van der Waals surface area contributed by atoms with Gasteiger partial charge >= 0.3 is 17.9 Å². The van der Waals surface area contributed by atoms with Crippen molar-refractivity contribution in [2.45, 2.75) is 354 Å². The molecular formula is C72H128O6. The van der Waals surface area contributed by atoms with Gasteiger partial charge in [-0.25, -0.2) is 0 Å². The van der Waals surface area contributed by atoms with Crippen LogP contribution >= 0.6 is 0 Å². The Bertz CT molecular complexity index is 1440. The number of hydrogen-bond acceptors (Lipinski definition) is 6. The topological polar surface area (TPSA) is 78.9 Å². The highest BCUT2D eigenvalue weighted by molar-refractivity contribution is 5.71. The van der Waals surface area contributed by atoms with Crippen LogP contribution in [0, 0.1) is 0 Å². The first-order valence-corrected chi connectivity index (χ1v) is 33.9. The van der Waals surface area contributed by atoms with Gasteiger partial charge in [-0.05, 0) is 89.9 Å². The van der Waals surface area contributed by atoms with Crippen LogP contribution in [0.4, 0.5) is 0 Å². The number of esters is 3. The molecule has 0 radical (unpaired) electrons. The minimum absolute atomic E-state index is 0.0726. The Hall–Kier alpha value is -3.15. The Balaban J connectivity index is 4.26. The third kappa shape index (κ3) is 63.7. The van der Waals surface area contributed by atoms with Crippen LogP contribution in [-0.2, 0) is 28.6 Å². The van der Waals surface area contributed by atoms with Gasteiger partial charge in [0.05, 0.1) is 0 Å². The molecule has 0 aliphatic rings. The molecule has 1 atom stereocenters. The maximum absolute atomic E-state index is 12.9. The zero-order valence-corrected chi connectivity index (χ0v) is 51.9. The molecule has 0 aliphatic carbocycles. The van der Waals surface area contributed by atoms with Crippen molar-refractivity contribution in [1.29, 1.82) is 0 Å². The molecule has 0 bridgehead atoms. The summed E-state index contributed by atoms with van der Waals surface area (Å²) in [5.41, 5.74) is 0. The molecule has 0 fully saturated rings. The molecule has 78 heavy (non-hydrogen) atoms. The maximum Gasteiger partial charge on any atom is 0.306 e. The largest absolute Gasteiger partial charge is 0.462 e. The molecular weight excluding hydrogens is 961 g/mol. The second kappa shape index (κ2) is 66.4. The van der Waals surface area contributed by atoms with Crippen molar-refractivity contribution >= 4 is 17.9 Å². The average molecular weight is 1090 g/mol. The van der Waals surface area contributed by atoms with Crippen molar-refractivity contribution in [2.24, 2.45) is 0 Å². The summed E-state index contributed by atoms with van der Waals surface area (Å²) in [5.74, 6) is -0.859. The van der Waals surface area contributed by atoms with E-state index in [0.717, 1.165) is 89.9 Å². The summed E-state index contributed by atoms with van der Waals surface area (Å²) in [7, 11) is 0. The van der Waals surface area contributed by atoms with E-state index >= 15 is 0 Å². The zero-order valence-electron chi connectivity index (χ0n) is 51.9. The molecule has 1 unspecified atom stereocenters. The molecule has 6 nitrogen and oxygen atoms in total. The fourth-order valence-corrected chi connectivity index (χ4v) is 9.88. The molecule has 0 spiro atoms. The summed E-state index contributed by atoms with van der Waals surface area (Å²) in [5, 5.41) is 0. The Morgan fingerprint density at radius 1 is 0.269 bits per heavy atom. The van der Waals surface area contributed by atoms with Crippen LogP contribution in [0.15, 0.2) is 72.9 Å². The van der Waals surface area contributed by atoms with Crippen LogP contribution in [0.3, 0.4) is 0 Å². The minimum atomic E-state index is -0.776. The van der Waals surface area contributed by atoms with Gasteiger partial charge in [-0.3, -0.25) is 14.4 Å². The number of carbonyl (C=O) groups is 3. The zero-order chi connectivity index (χ0) is 56.4. The molecule has 452 valence electrons. The van der Waals surface area contributed by atoms with Crippen LogP contribution in [0.2, 0.25) is 0 Å². The minimum Gasteiger partial charge on any atom is -0.462 e. The Morgan fingerprint density at radius 3 is 0.795 bits per heavy atom. The lowest BCUT2D eigenvalue weighted by atomic mass is 10.0. The molecule has 0 aromatic heterocycles. The van der Waals surface area contributed by atoms with Crippen molar-refractivity contribution in [1.82, 2.24) is 0 Å². The van der Waals surface area contributed by atoms with Crippen LogP contribution in [0.5, 0.6) is 0 Å². The highest BCUT2D eigenvalue weighted by atomic mass is 16.6. The smallest absolute Gasteiger partial charge is 0.306 e. The summed E-state index contributed by atoms with van der Waals surface area (Å²) >= 11 is 0. The number of unbranched alkanes of at least 4 members (excludes halogenated alkanes) is 39. The van der Waals surface area contributed by atoms with Crippen LogP contribution in [0.1, 0.15) is 348 Å². The maximum atomic E-state index is 12.9. The molecule has 0 aliphatic heterocycles. The summed E-state index contributed by atoms with van der Waals surface area (Å²) in [6.07, 6.45) is 86.3. The van der Waals surface area contributed by atoms with E-state index in [1.807, 2.05) is 0 Å². The molecule has 0 heterocycles. The fraction of sp³-hybridized carbons (Fsp3) is 0.792. The van der Waals surface area contributed by atoms with Gasteiger partial charge in [0, 0.05) is 19.3 Å². The third-order valence-corrected chi connectivity index (χ3v) is 14.9. The van der Waals surface area contributed by atoms with Gasteiger partial charge in [0.25, 0.3) is 0 Å². The lowest BCUT2D eigenvalue weighted by Crippen LogP contribution is -2.30. The van der Waals surface area contributed by atoms with Crippen molar-refractivity contribution in [2.75, 3.05) is 13.2 Å². The van der Waals surface area contributed by atoms with Crippen LogP contribution in [-0.4, -0.2) is 37.2 Å². The number of hydrogen-bond donors (Lipinski definition) is 0. The van der Waals surface area contributed by atoms with Gasteiger partial charge < -0.3 is 14.2 Å². The molecule has 0 amide bonds. The molecule has 0 rings (SSSR count). The van der Waals surface area contributed by atoms with Crippen LogP contribution < -0.4 is 0 Å². The third-order valence-electron chi connectivity index (χ3n) is 14.9. The molecule has 0 saturated heterocycles. The SMILES string of the molecule is CC/C=C\C/C=C\C/C=C\C/C=C\C/C=C\CCCCCCCCCCCCCC(=O)OCC(COC(=O)CCCCCCCCCCCCCC)OC(=O)CCCCCCCCCCC/C=C\CCCCCCCCCC. The van der Waals surface area contributed by atoms with E-state index in [9.17, 15) is 14.4 Å². The average Bonchev–Trinajstić information content (AvgIpc) is 3.44. The first-order valence-electron chi connectivity index (χ1n) is 33.9. The van der Waals surface area contributed by atoms with Crippen molar-refractivity contribution < 1.29 is 28.6 Å². The quantitative estimate of drug-likeness (QED) is 0.0261. The highest BCUT2D eigenvalue weighted by Crippen LogP contribution is 2.17. The first kappa shape index (κ1) is 74.8. The number of rotatable bonds is 62. The van der Waals surface area contributed by atoms with Gasteiger partial charge in [0.15, 0.2) is 6.10 Å². The molecule has 0 aromatic rings. The standard InChI is InChI=1S/C72H128O6/c1-4-7-10-13-16-19-22-25-27-29-31-33-34-35-36-37-38-40-41-43-45-47-50-53-56-59-62-65-71(74)77-68-69(67-76-70(73)64-61-58-55-52-49-24-21-18-15-12-9-6-3)78-72(75)66-63-60-57-54-51-48-46-44-42-39-32-30-28-26-23-20-17-14-11-8-5-2/h7,10,16,19,25,27,30-33,35-36,69H,4-6,8-9,11-15,17-18,20-24,26,28-29,34,37-68H2,1-3H3/b10-7-,19-16-,27-25-,32-30-,33-31-,36-35-. The van der Waals surface area contributed by atoms with E-state index in [2.05, 4.69) is 93.7 Å². The van der Waals surface area contributed by atoms with E-state index in [-0.39, 0.29) is 31.1 Å². The number of carbonyl (C=O) groups excluding carboxylic acids is 3. The van der Waals surface area contributed by atoms with E-state index in [0.29, 0.717) is 19.3 Å². The van der Waals surface area contributed by atoms with Gasteiger partial charge in [-0.15, -0.1) is 0 Å². The highest BCUT2D eigenvalue weighted by Gasteiger charge is 2.19. The van der Waals surface area contributed by atoms with E-state index in [4.69, 9.17) is 14.2 Å². The lowest BCUT2D eigenvalue weighted by Gasteiger charge is -2.18. The Kier molecular flexibility index (Phi) is 63.7. The summed E-state index contributed by atoms with van der Waals surface area (Å²) in [6.45, 7) is 6.57. The predicted molar refractivity (Wildman–Crippen MR) is 339 cm³/mol. The second-order valence-electron chi connectivity index (χ2n) is 22.7.